The van der Waals surface area contributed by atoms with E-state index < -0.39 is 10.8 Å². The second kappa shape index (κ2) is 3.90. The summed E-state index contributed by atoms with van der Waals surface area (Å²) in [6.45, 7) is 1.98. The Morgan fingerprint density at radius 1 is 1.37 bits per heavy atom. The number of fused-ring (bicyclic) bond motifs is 2. The topological polar surface area (TPSA) is 60.4 Å². The Kier molecular flexibility index (Phi) is 2.63. The lowest BCUT2D eigenvalue weighted by Crippen LogP contribution is -2.64. The van der Waals surface area contributed by atoms with Gasteiger partial charge >= 0.3 is 5.97 Å². The monoisotopic (exact) mass is 264 g/mol. The molecular weight excluding hydrogens is 244 g/mol. The van der Waals surface area contributed by atoms with Crippen LogP contribution >= 0.6 is 0 Å². The molecule has 4 aliphatic carbocycles. The van der Waals surface area contributed by atoms with E-state index in [4.69, 9.17) is 4.74 Å². The van der Waals surface area contributed by atoms with Crippen molar-refractivity contribution in [1.29, 1.82) is 0 Å². The minimum Gasteiger partial charge on any atom is -0.469 e. The average Bonchev–Trinajstić information content (AvgIpc) is 2.38. The molecule has 4 nitrogen and oxygen atoms in total. The Morgan fingerprint density at radius 3 is 2.79 bits per heavy atom. The summed E-state index contributed by atoms with van der Waals surface area (Å²) < 4.78 is 4.94. The van der Waals surface area contributed by atoms with Crippen LogP contribution in [0.2, 0.25) is 0 Å². The number of ether oxygens (including phenoxy) is 1. The molecule has 1 spiro atoms. The number of methoxy groups -OCH3 is 1. The lowest BCUT2D eigenvalue weighted by Gasteiger charge is -2.62. The molecule has 104 valence electrons. The quantitative estimate of drug-likeness (QED) is 0.679. The van der Waals surface area contributed by atoms with Crippen LogP contribution in [0.25, 0.3) is 0 Å². The van der Waals surface area contributed by atoms with E-state index in [1.165, 1.54) is 7.11 Å². The summed E-state index contributed by atoms with van der Waals surface area (Å²) in [6.07, 6.45) is 3.78. The van der Waals surface area contributed by atoms with Crippen molar-refractivity contribution in [2.24, 2.45) is 22.7 Å². The summed E-state index contributed by atoms with van der Waals surface area (Å²) in [5.41, 5.74) is -0.970. The predicted molar refractivity (Wildman–Crippen MR) is 67.3 cm³/mol. The molecule has 0 radical (unpaired) electrons. The number of rotatable bonds is 1. The standard InChI is InChI=1S/C15H20O4/c1-14-7-9-6-10(13(18)19-2)15(14,8-11(9)16)5-3-4-12(14)17/h9-10H,3-8H2,1-2H3/t9-,10-,14-,15+/m1/s1. The van der Waals surface area contributed by atoms with Gasteiger partial charge in [0.2, 0.25) is 0 Å². The van der Waals surface area contributed by atoms with Gasteiger partial charge in [0.05, 0.1) is 13.0 Å². The van der Waals surface area contributed by atoms with E-state index in [0.717, 1.165) is 12.8 Å². The first kappa shape index (κ1) is 12.8. The van der Waals surface area contributed by atoms with Crippen LogP contribution < -0.4 is 0 Å². The molecule has 0 aromatic heterocycles. The fourth-order valence-corrected chi connectivity index (χ4v) is 4.93. The number of ketones is 2. The van der Waals surface area contributed by atoms with Crippen LogP contribution in [0.15, 0.2) is 0 Å². The Bertz CT molecular complexity index is 469. The second-order valence-corrected chi connectivity index (χ2v) is 6.62. The largest absolute Gasteiger partial charge is 0.469 e. The molecule has 0 heterocycles. The molecular formula is C15H20O4. The van der Waals surface area contributed by atoms with Crippen LogP contribution in [0.1, 0.15) is 45.4 Å². The highest BCUT2D eigenvalue weighted by molar-refractivity contribution is 5.95. The Balaban J connectivity index is 2.10. The molecule has 0 aromatic carbocycles. The van der Waals surface area contributed by atoms with Crippen molar-refractivity contribution < 1.29 is 19.1 Å². The Labute approximate surface area is 112 Å². The molecule has 0 aliphatic heterocycles. The molecule has 0 N–H and O–H groups in total. The highest BCUT2D eigenvalue weighted by Crippen LogP contribution is 2.66. The van der Waals surface area contributed by atoms with E-state index in [-0.39, 0.29) is 29.4 Å². The SMILES string of the molecule is COC(=O)[C@H]1C[C@@H]2C[C@]3(C)C(=O)CCC[C@]13CC2=O. The lowest BCUT2D eigenvalue weighted by atomic mass is 9.39. The van der Waals surface area contributed by atoms with Crippen LogP contribution in [-0.2, 0) is 19.1 Å². The fraction of sp³-hybridized carbons (Fsp3) is 0.800. The van der Waals surface area contributed by atoms with Gasteiger partial charge in [-0.15, -0.1) is 0 Å². The van der Waals surface area contributed by atoms with Gasteiger partial charge in [0.15, 0.2) is 0 Å². The lowest BCUT2D eigenvalue weighted by molar-refractivity contribution is -0.189. The number of carbonyl (C=O) groups is 3. The van der Waals surface area contributed by atoms with E-state index in [1.54, 1.807) is 0 Å². The molecule has 19 heavy (non-hydrogen) atoms. The Morgan fingerprint density at radius 2 is 2.11 bits per heavy atom. The summed E-state index contributed by atoms with van der Waals surface area (Å²) >= 11 is 0. The van der Waals surface area contributed by atoms with Gasteiger partial charge in [-0.05, 0) is 25.7 Å². The molecule has 0 aromatic rings. The van der Waals surface area contributed by atoms with Crippen molar-refractivity contribution in [1.82, 2.24) is 0 Å². The van der Waals surface area contributed by atoms with Gasteiger partial charge in [0, 0.05) is 29.6 Å². The number of esters is 1. The van der Waals surface area contributed by atoms with Crippen LogP contribution in [0.4, 0.5) is 0 Å². The fourth-order valence-electron chi connectivity index (χ4n) is 4.93. The van der Waals surface area contributed by atoms with Crippen molar-refractivity contribution in [2.75, 3.05) is 7.11 Å². The van der Waals surface area contributed by atoms with Gasteiger partial charge in [0.25, 0.3) is 0 Å². The molecule has 0 unspecified atom stereocenters. The summed E-state index contributed by atoms with van der Waals surface area (Å²) in [5.74, 6) is -0.156. The maximum absolute atomic E-state index is 12.4. The molecule has 4 rings (SSSR count). The zero-order valence-electron chi connectivity index (χ0n) is 11.5. The number of carbonyl (C=O) groups excluding carboxylic acids is 3. The molecule has 4 saturated carbocycles. The highest BCUT2D eigenvalue weighted by Gasteiger charge is 2.68. The second-order valence-electron chi connectivity index (χ2n) is 6.62. The first-order valence-corrected chi connectivity index (χ1v) is 7.08. The number of Topliss-reactive ketones (excluding diaryl/α,β-unsaturated/α-hetero) is 2. The van der Waals surface area contributed by atoms with Crippen LogP contribution in [0, 0.1) is 22.7 Å². The first-order valence-electron chi connectivity index (χ1n) is 7.08. The van der Waals surface area contributed by atoms with Gasteiger partial charge in [-0.1, -0.05) is 6.92 Å². The maximum Gasteiger partial charge on any atom is 0.309 e. The minimum absolute atomic E-state index is 0.127. The molecule has 0 amide bonds. The molecule has 0 saturated heterocycles. The first-order chi connectivity index (χ1) is 8.94. The number of hydrogen-bond acceptors (Lipinski definition) is 4. The van der Waals surface area contributed by atoms with E-state index >= 15 is 0 Å². The van der Waals surface area contributed by atoms with E-state index in [1.807, 2.05) is 6.92 Å². The third-order valence-corrected chi connectivity index (χ3v) is 6.01. The molecule has 4 heteroatoms. The number of hydrogen-bond donors (Lipinski definition) is 0. The zero-order valence-corrected chi connectivity index (χ0v) is 11.5. The van der Waals surface area contributed by atoms with Crippen molar-refractivity contribution >= 4 is 17.5 Å². The van der Waals surface area contributed by atoms with Crippen LogP contribution in [0.3, 0.4) is 0 Å². The van der Waals surface area contributed by atoms with Crippen LogP contribution in [0.5, 0.6) is 0 Å². The van der Waals surface area contributed by atoms with E-state index in [2.05, 4.69) is 0 Å². The summed E-state index contributed by atoms with van der Waals surface area (Å²) in [5, 5.41) is 0. The van der Waals surface area contributed by atoms with Crippen molar-refractivity contribution in [3.05, 3.63) is 0 Å². The van der Waals surface area contributed by atoms with E-state index in [0.29, 0.717) is 25.7 Å². The zero-order chi connectivity index (χ0) is 13.8. The third kappa shape index (κ3) is 1.43. The molecule has 4 aliphatic rings. The molecule has 2 bridgehead atoms. The van der Waals surface area contributed by atoms with Crippen molar-refractivity contribution in [3.8, 4) is 0 Å². The maximum atomic E-state index is 12.4. The normalized spacial score (nSPS) is 44.9. The van der Waals surface area contributed by atoms with Gasteiger partial charge in [0.1, 0.15) is 11.6 Å². The summed E-state index contributed by atoms with van der Waals surface area (Å²) in [4.78, 5) is 36.7. The molecule has 4 fully saturated rings. The molecule has 4 atom stereocenters. The van der Waals surface area contributed by atoms with Gasteiger partial charge < -0.3 is 4.74 Å². The average molecular weight is 264 g/mol. The van der Waals surface area contributed by atoms with Crippen molar-refractivity contribution in [2.45, 2.75) is 45.4 Å². The van der Waals surface area contributed by atoms with Gasteiger partial charge in [-0.25, -0.2) is 0 Å². The van der Waals surface area contributed by atoms with Crippen LogP contribution in [-0.4, -0.2) is 24.6 Å². The summed E-state index contributed by atoms with van der Waals surface area (Å²) in [7, 11) is 1.39. The minimum atomic E-state index is -0.499. The Hall–Kier alpha value is -1.19. The summed E-state index contributed by atoms with van der Waals surface area (Å²) in [6, 6.07) is 0. The van der Waals surface area contributed by atoms with E-state index in [9.17, 15) is 14.4 Å². The predicted octanol–water partition coefficient (Wildman–Crippen LogP) is 1.90. The highest BCUT2D eigenvalue weighted by atomic mass is 16.5. The third-order valence-electron chi connectivity index (χ3n) is 6.01. The van der Waals surface area contributed by atoms with Crippen molar-refractivity contribution in [3.63, 3.8) is 0 Å². The van der Waals surface area contributed by atoms with Gasteiger partial charge in [-0.3, -0.25) is 14.4 Å². The smallest absolute Gasteiger partial charge is 0.309 e. The van der Waals surface area contributed by atoms with Gasteiger partial charge in [-0.2, -0.15) is 0 Å².